The Labute approximate surface area is 146 Å². The number of rotatable bonds is 6. The van der Waals surface area contributed by atoms with Crippen LogP contribution in [0.25, 0.3) is 0 Å². The number of hydrogen-bond acceptors (Lipinski definition) is 3. The molecule has 2 rings (SSSR count). The summed E-state index contributed by atoms with van der Waals surface area (Å²) < 4.78 is 0. The van der Waals surface area contributed by atoms with Gasteiger partial charge < -0.3 is 20.0 Å². The van der Waals surface area contributed by atoms with Crippen molar-refractivity contribution in [2.75, 3.05) is 55.6 Å². The lowest BCUT2D eigenvalue weighted by atomic mass is 10.1. The van der Waals surface area contributed by atoms with Crippen molar-refractivity contribution in [3.05, 3.63) is 23.8 Å². The Morgan fingerprint density at radius 3 is 2.33 bits per heavy atom. The molecule has 0 spiro atoms. The maximum absolute atomic E-state index is 12.0. The first-order chi connectivity index (χ1) is 11.6. The number of anilines is 2. The Morgan fingerprint density at radius 1 is 1.12 bits per heavy atom. The molecule has 1 fully saturated rings. The third-order valence-corrected chi connectivity index (χ3v) is 4.74. The van der Waals surface area contributed by atoms with Crippen LogP contribution in [0.1, 0.15) is 32.8 Å². The van der Waals surface area contributed by atoms with Crippen molar-refractivity contribution in [1.29, 1.82) is 0 Å². The summed E-state index contributed by atoms with van der Waals surface area (Å²) in [4.78, 5) is 18.7. The van der Waals surface area contributed by atoms with Crippen LogP contribution >= 0.6 is 0 Å². The monoisotopic (exact) mass is 332 g/mol. The minimum atomic E-state index is 0.0742. The SMILES string of the molecule is CCCNC(=O)N1CCN(c2ccc(N(CC)CC)cc2C)CC1. The molecule has 0 bridgehead atoms. The number of carbonyl (C=O) groups excluding carboxylic acids is 1. The Bertz CT molecular complexity index is 534. The maximum Gasteiger partial charge on any atom is 0.317 e. The first kappa shape index (κ1) is 18.4. The summed E-state index contributed by atoms with van der Waals surface area (Å²) in [6.45, 7) is 14.8. The molecule has 1 aromatic carbocycles. The molecule has 2 amide bonds. The van der Waals surface area contributed by atoms with Gasteiger partial charge in [-0.15, -0.1) is 0 Å². The van der Waals surface area contributed by atoms with E-state index >= 15 is 0 Å². The van der Waals surface area contributed by atoms with Gasteiger partial charge >= 0.3 is 6.03 Å². The smallest absolute Gasteiger partial charge is 0.317 e. The standard InChI is InChI=1S/C19H32N4O/c1-5-10-20-19(24)23-13-11-22(12-14-23)18-9-8-17(15-16(18)4)21(6-2)7-3/h8-9,15H,5-7,10-14H2,1-4H3,(H,20,24). The molecule has 1 heterocycles. The molecular weight excluding hydrogens is 300 g/mol. The van der Waals surface area contributed by atoms with E-state index in [0.29, 0.717) is 0 Å². The zero-order chi connectivity index (χ0) is 17.5. The number of hydrogen-bond donors (Lipinski definition) is 1. The first-order valence-electron chi connectivity index (χ1n) is 9.24. The molecule has 0 aliphatic carbocycles. The summed E-state index contributed by atoms with van der Waals surface area (Å²) in [7, 11) is 0. The Balaban J connectivity index is 1.98. The third kappa shape index (κ3) is 4.34. The molecule has 0 radical (unpaired) electrons. The number of aryl methyl sites for hydroxylation is 1. The first-order valence-corrected chi connectivity index (χ1v) is 9.24. The fourth-order valence-electron chi connectivity index (χ4n) is 3.27. The van der Waals surface area contributed by atoms with Crippen LogP contribution < -0.4 is 15.1 Å². The number of nitrogens with one attached hydrogen (secondary N) is 1. The topological polar surface area (TPSA) is 38.8 Å². The van der Waals surface area contributed by atoms with Crippen molar-refractivity contribution < 1.29 is 4.79 Å². The summed E-state index contributed by atoms with van der Waals surface area (Å²) in [5.41, 5.74) is 3.89. The van der Waals surface area contributed by atoms with Crippen LogP contribution in [0.5, 0.6) is 0 Å². The fraction of sp³-hybridized carbons (Fsp3) is 0.632. The van der Waals surface area contributed by atoms with E-state index in [1.54, 1.807) is 0 Å². The van der Waals surface area contributed by atoms with Crippen molar-refractivity contribution in [2.24, 2.45) is 0 Å². The highest BCUT2D eigenvalue weighted by Crippen LogP contribution is 2.26. The highest BCUT2D eigenvalue weighted by molar-refractivity contribution is 5.74. The third-order valence-electron chi connectivity index (χ3n) is 4.74. The van der Waals surface area contributed by atoms with Crippen molar-refractivity contribution in [3.63, 3.8) is 0 Å². The molecule has 5 heteroatoms. The number of urea groups is 1. The van der Waals surface area contributed by atoms with Crippen LogP contribution in [-0.2, 0) is 0 Å². The van der Waals surface area contributed by atoms with Crippen LogP contribution in [-0.4, -0.2) is 56.7 Å². The van der Waals surface area contributed by atoms with E-state index in [0.717, 1.165) is 52.2 Å². The lowest BCUT2D eigenvalue weighted by Gasteiger charge is -2.37. The van der Waals surface area contributed by atoms with E-state index in [4.69, 9.17) is 0 Å². The molecule has 0 aromatic heterocycles. The quantitative estimate of drug-likeness (QED) is 0.870. The van der Waals surface area contributed by atoms with Gasteiger partial charge in [0.2, 0.25) is 0 Å². The molecule has 1 saturated heterocycles. The molecule has 0 unspecified atom stereocenters. The minimum absolute atomic E-state index is 0.0742. The van der Waals surface area contributed by atoms with Gasteiger partial charge in [0.1, 0.15) is 0 Å². The second-order valence-corrected chi connectivity index (χ2v) is 6.35. The van der Waals surface area contributed by atoms with E-state index < -0.39 is 0 Å². The van der Waals surface area contributed by atoms with Crippen molar-refractivity contribution in [1.82, 2.24) is 10.2 Å². The van der Waals surface area contributed by atoms with Crippen molar-refractivity contribution in [3.8, 4) is 0 Å². The van der Waals surface area contributed by atoms with Crippen molar-refractivity contribution in [2.45, 2.75) is 34.1 Å². The predicted molar refractivity (Wildman–Crippen MR) is 102 cm³/mol. The normalized spacial score (nSPS) is 14.7. The molecule has 1 aliphatic rings. The summed E-state index contributed by atoms with van der Waals surface area (Å²) in [5, 5.41) is 2.96. The number of nitrogens with zero attached hydrogens (tertiary/aromatic N) is 3. The van der Waals surface area contributed by atoms with Gasteiger partial charge in [-0.2, -0.15) is 0 Å². The highest BCUT2D eigenvalue weighted by Gasteiger charge is 2.21. The van der Waals surface area contributed by atoms with Gasteiger partial charge in [0.15, 0.2) is 0 Å². The molecule has 24 heavy (non-hydrogen) atoms. The Kier molecular flexibility index (Phi) is 6.76. The van der Waals surface area contributed by atoms with E-state index in [-0.39, 0.29) is 6.03 Å². The lowest BCUT2D eigenvalue weighted by molar-refractivity contribution is 0.194. The molecule has 1 aromatic rings. The highest BCUT2D eigenvalue weighted by atomic mass is 16.2. The van der Waals surface area contributed by atoms with Crippen molar-refractivity contribution >= 4 is 17.4 Å². The van der Waals surface area contributed by atoms with E-state index in [1.165, 1.54) is 16.9 Å². The maximum atomic E-state index is 12.0. The van der Waals surface area contributed by atoms with Crippen LogP contribution in [0, 0.1) is 6.92 Å². The minimum Gasteiger partial charge on any atom is -0.372 e. The van der Waals surface area contributed by atoms with Gasteiger partial charge in [0.25, 0.3) is 0 Å². The number of benzene rings is 1. The van der Waals surface area contributed by atoms with Crippen LogP contribution in [0.4, 0.5) is 16.2 Å². The molecular formula is C19H32N4O. The number of piperazine rings is 1. The second-order valence-electron chi connectivity index (χ2n) is 6.35. The summed E-state index contributed by atoms with van der Waals surface area (Å²) >= 11 is 0. The fourth-order valence-corrected chi connectivity index (χ4v) is 3.27. The predicted octanol–water partition coefficient (Wildman–Crippen LogP) is 3.08. The molecule has 5 nitrogen and oxygen atoms in total. The molecule has 0 atom stereocenters. The van der Waals surface area contributed by atoms with Gasteiger partial charge in [-0.1, -0.05) is 6.92 Å². The zero-order valence-electron chi connectivity index (χ0n) is 15.6. The number of carbonyl (C=O) groups is 1. The molecule has 0 saturated carbocycles. The average molecular weight is 332 g/mol. The Morgan fingerprint density at radius 2 is 1.79 bits per heavy atom. The van der Waals surface area contributed by atoms with E-state index in [2.05, 4.69) is 61.0 Å². The molecule has 134 valence electrons. The molecule has 1 aliphatic heterocycles. The van der Waals surface area contributed by atoms with Gasteiger partial charge in [-0.3, -0.25) is 0 Å². The average Bonchev–Trinajstić information content (AvgIpc) is 2.61. The van der Waals surface area contributed by atoms with Gasteiger partial charge in [-0.25, -0.2) is 4.79 Å². The van der Waals surface area contributed by atoms with Crippen LogP contribution in [0.3, 0.4) is 0 Å². The summed E-state index contributed by atoms with van der Waals surface area (Å²) in [6.07, 6.45) is 0.976. The molecule has 1 N–H and O–H groups in total. The van der Waals surface area contributed by atoms with Gasteiger partial charge in [0.05, 0.1) is 0 Å². The van der Waals surface area contributed by atoms with Crippen LogP contribution in [0.2, 0.25) is 0 Å². The van der Waals surface area contributed by atoms with Gasteiger partial charge in [-0.05, 0) is 51.0 Å². The zero-order valence-corrected chi connectivity index (χ0v) is 15.6. The lowest BCUT2D eigenvalue weighted by Crippen LogP contribution is -2.52. The second kappa shape index (κ2) is 8.81. The summed E-state index contributed by atoms with van der Waals surface area (Å²) in [6, 6.07) is 6.80. The summed E-state index contributed by atoms with van der Waals surface area (Å²) in [5.74, 6) is 0. The Hall–Kier alpha value is -1.91. The van der Waals surface area contributed by atoms with E-state index in [1.807, 2.05) is 4.90 Å². The van der Waals surface area contributed by atoms with Gasteiger partial charge in [0, 0.05) is 57.2 Å². The van der Waals surface area contributed by atoms with Crippen LogP contribution in [0.15, 0.2) is 18.2 Å². The largest absolute Gasteiger partial charge is 0.372 e. The van der Waals surface area contributed by atoms with E-state index in [9.17, 15) is 4.79 Å². The number of amides is 2.